The highest BCUT2D eigenvalue weighted by Gasteiger charge is 2.11. The molecule has 2 N–H and O–H groups in total. The maximum absolute atomic E-state index is 5.55. The van der Waals surface area contributed by atoms with Gasteiger partial charge in [0.05, 0.1) is 0 Å². The van der Waals surface area contributed by atoms with Crippen LogP contribution in [-0.2, 0) is 0 Å². The lowest BCUT2D eigenvalue weighted by Gasteiger charge is -2.12. The van der Waals surface area contributed by atoms with Crippen LogP contribution in [0.3, 0.4) is 0 Å². The molecule has 0 aromatic carbocycles. The predicted molar refractivity (Wildman–Crippen MR) is 53.8 cm³/mol. The molecule has 1 aliphatic carbocycles. The maximum Gasteiger partial charge on any atom is 0.000754 e. The molecule has 0 spiro atoms. The Balaban J connectivity index is 2.16. The van der Waals surface area contributed by atoms with E-state index in [0.29, 0.717) is 0 Å². The average Bonchev–Trinajstić information content (AvgIpc) is 2.28. The Bertz CT molecular complexity index is 132. The van der Waals surface area contributed by atoms with Gasteiger partial charge < -0.3 is 5.73 Å². The molecule has 0 radical (unpaired) electrons. The van der Waals surface area contributed by atoms with Gasteiger partial charge in [-0.15, -0.1) is 0 Å². The summed E-state index contributed by atoms with van der Waals surface area (Å²) in [7, 11) is 0. The first-order valence-corrected chi connectivity index (χ1v) is 5.22. The highest BCUT2D eigenvalue weighted by atomic mass is 14.6. The Kier molecular flexibility index (Phi) is 4.20. The molecule has 1 saturated carbocycles. The van der Waals surface area contributed by atoms with Gasteiger partial charge in [0.2, 0.25) is 0 Å². The SMILES string of the molecule is C=C(N)CCC1CCCCCC1. The molecule has 0 aliphatic heterocycles. The van der Waals surface area contributed by atoms with Gasteiger partial charge in [-0.3, -0.25) is 0 Å². The number of hydrogen-bond acceptors (Lipinski definition) is 1. The van der Waals surface area contributed by atoms with Crippen LogP contribution in [0, 0.1) is 5.92 Å². The molecule has 1 heteroatoms. The Morgan fingerprint density at radius 3 is 2.25 bits per heavy atom. The van der Waals surface area contributed by atoms with Crippen molar-refractivity contribution in [2.75, 3.05) is 0 Å². The zero-order valence-electron chi connectivity index (χ0n) is 8.02. The van der Waals surface area contributed by atoms with Crippen LogP contribution in [0.15, 0.2) is 12.3 Å². The van der Waals surface area contributed by atoms with Crippen molar-refractivity contribution in [1.29, 1.82) is 0 Å². The molecule has 0 saturated heterocycles. The lowest BCUT2D eigenvalue weighted by molar-refractivity contribution is 0.427. The third kappa shape index (κ3) is 3.80. The summed E-state index contributed by atoms with van der Waals surface area (Å²) in [6.07, 6.45) is 10.9. The molecule has 1 fully saturated rings. The molecule has 1 nitrogen and oxygen atoms in total. The van der Waals surface area contributed by atoms with Gasteiger partial charge in [0.1, 0.15) is 0 Å². The van der Waals surface area contributed by atoms with Crippen LogP contribution in [0.1, 0.15) is 51.4 Å². The van der Waals surface area contributed by atoms with Crippen molar-refractivity contribution in [3.8, 4) is 0 Å². The van der Waals surface area contributed by atoms with Gasteiger partial charge in [0.15, 0.2) is 0 Å². The van der Waals surface area contributed by atoms with Gasteiger partial charge in [-0.2, -0.15) is 0 Å². The molecule has 1 aliphatic rings. The molecule has 0 aromatic heterocycles. The molecular formula is C11H21N. The van der Waals surface area contributed by atoms with Gasteiger partial charge in [-0.1, -0.05) is 45.1 Å². The minimum absolute atomic E-state index is 0.860. The Labute approximate surface area is 76.0 Å². The van der Waals surface area contributed by atoms with Gasteiger partial charge in [0.25, 0.3) is 0 Å². The maximum atomic E-state index is 5.55. The fraction of sp³-hybridized carbons (Fsp3) is 0.818. The number of hydrogen-bond donors (Lipinski definition) is 1. The minimum atomic E-state index is 0.860. The molecule has 0 amide bonds. The molecular weight excluding hydrogens is 146 g/mol. The molecule has 0 unspecified atom stereocenters. The van der Waals surface area contributed by atoms with Crippen LogP contribution in [0.25, 0.3) is 0 Å². The topological polar surface area (TPSA) is 26.0 Å². The van der Waals surface area contributed by atoms with Gasteiger partial charge in [-0.05, 0) is 18.8 Å². The number of allylic oxidation sites excluding steroid dienone is 1. The first-order chi connectivity index (χ1) is 5.79. The van der Waals surface area contributed by atoms with Crippen LogP contribution in [0.5, 0.6) is 0 Å². The van der Waals surface area contributed by atoms with Crippen molar-refractivity contribution in [3.05, 3.63) is 12.3 Å². The highest BCUT2D eigenvalue weighted by Crippen LogP contribution is 2.26. The largest absolute Gasteiger partial charge is 0.403 e. The number of rotatable bonds is 3. The van der Waals surface area contributed by atoms with E-state index in [1.54, 1.807) is 0 Å². The molecule has 1 rings (SSSR count). The van der Waals surface area contributed by atoms with E-state index in [1.807, 2.05) is 0 Å². The van der Waals surface area contributed by atoms with Gasteiger partial charge in [-0.25, -0.2) is 0 Å². The van der Waals surface area contributed by atoms with E-state index in [1.165, 1.54) is 44.9 Å². The summed E-state index contributed by atoms with van der Waals surface area (Å²) in [5, 5.41) is 0. The van der Waals surface area contributed by atoms with Crippen LogP contribution in [0.2, 0.25) is 0 Å². The Morgan fingerprint density at radius 1 is 1.17 bits per heavy atom. The quantitative estimate of drug-likeness (QED) is 0.642. The average molecular weight is 167 g/mol. The molecule has 70 valence electrons. The van der Waals surface area contributed by atoms with Crippen molar-refractivity contribution < 1.29 is 0 Å². The first kappa shape index (κ1) is 9.63. The van der Waals surface area contributed by atoms with Gasteiger partial charge >= 0.3 is 0 Å². The number of nitrogens with two attached hydrogens (primary N) is 1. The second kappa shape index (κ2) is 5.23. The summed E-state index contributed by atoms with van der Waals surface area (Å²) in [5.74, 6) is 0.938. The monoisotopic (exact) mass is 167 g/mol. The standard InChI is InChI=1S/C11H21N/c1-10(12)8-9-11-6-4-2-3-5-7-11/h11H,1-9,12H2. The van der Waals surface area contributed by atoms with Crippen LogP contribution < -0.4 is 5.73 Å². The summed E-state index contributed by atoms with van der Waals surface area (Å²) in [4.78, 5) is 0. The van der Waals surface area contributed by atoms with E-state index in [2.05, 4.69) is 6.58 Å². The lowest BCUT2D eigenvalue weighted by atomic mass is 9.94. The zero-order chi connectivity index (χ0) is 8.81. The molecule has 0 bridgehead atoms. The van der Waals surface area contributed by atoms with Crippen molar-refractivity contribution >= 4 is 0 Å². The fourth-order valence-electron chi connectivity index (χ4n) is 2.04. The third-order valence-electron chi connectivity index (χ3n) is 2.85. The van der Waals surface area contributed by atoms with Crippen molar-refractivity contribution in [2.24, 2.45) is 11.7 Å². The summed E-state index contributed by atoms with van der Waals surface area (Å²) < 4.78 is 0. The second-order valence-electron chi connectivity index (χ2n) is 4.05. The third-order valence-corrected chi connectivity index (χ3v) is 2.85. The molecule has 0 aromatic rings. The van der Waals surface area contributed by atoms with E-state index in [4.69, 9.17) is 5.73 Å². The first-order valence-electron chi connectivity index (χ1n) is 5.22. The minimum Gasteiger partial charge on any atom is -0.403 e. The van der Waals surface area contributed by atoms with E-state index < -0.39 is 0 Å². The zero-order valence-corrected chi connectivity index (χ0v) is 8.02. The summed E-state index contributed by atoms with van der Waals surface area (Å²) in [6, 6.07) is 0. The fourth-order valence-corrected chi connectivity index (χ4v) is 2.04. The van der Waals surface area contributed by atoms with Gasteiger partial charge in [0, 0.05) is 5.70 Å². The van der Waals surface area contributed by atoms with Crippen molar-refractivity contribution in [1.82, 2.24) is 0 Å². The predicted octanol–water partition coefficient (Wildman–Crippen LogP) is 3.21. The summed E-state index contributed by atoms with van der Waals surface area (Å²) in [5.41, 5.74) is 6.41. The molecule has 12 heavy (non-hydrogen) atoms. The van der Waals surface area contributed by atoms with E-state index >= 15 is 0 Å². The van der Waals surface area contributed by atoms with Crippen molar-refractivity contribution in [3.63, 3.8) is 0 Å². The normalized spacial score (nSPS) is 20.3. The van der Waals surface area contributed by atoms with Crippen LogP contribution >= 0.6 is 0 Å². The molecule has 0 heterocycles. The smallest absolute Gasteiger partial charge is 0.000754 e. The van der Waals surface area contributed by atoms with Crippen LogP contribution in [-0.4, -0.2) is 0 Å². The van der Waals surface area contributed by atoms with E-state index in [0.717, 1.165) is 18.0 Å². The highest BCUT2D eigenvalue weighted by molar-refractivity contribution is 4.86. The van der Waals surface area contributed by atoms with E-state index in [9.17, 15) is 0 Å². The Hall–Kier alpha value is -0.460. The summed E-state index contributed by atoms with van der Waals surface area (Å²) >= 11 is 0. The molecule has 0 atom stereocenters. The van der Waals surface area contributed by atoms with E-state index in [-0.39, 0.29) is 0 Å². The summed E-state index contributed by atoms with van der Waals surface area (Å²) in [6.45, 7) is 3.74. The second-order valence-corrected chi connectivity index (χ2v) is 4.05. The lowest BCUT2D eigenvalue weighted by Crippen LogP contribution is -2.02. The van der Waals surface area contributed by atoms with Crippen molar-refractivity contribution in [2.45, 2.75) is 51.4 Å². The van der Waals surface area contributed by atoms with Crippen LogP contribution in [0.4, 0.5) is 0 Å². The Morgan fingerprint density at radius 2 is 1.75 bits per heavy atom.